The molecule has 1 fully saturated rings. The second-order valence-corrected chi connectivity index (χ2v) is 6.19. The minimum Gasteiger partial charge on any atom is -0.380 e. The van der Waals surface area contributed by atoms with Crippen molar-refractivity contribution in [1.82, 2.24) is 34.6 Å². The fourth-order valence-electron chi connectivity index (χ4n) is 3.32. The number of nitrogens with one attached hydrogen (secondary N) is 1. The molecule has 0 radical (unpaired) electrons. The predicted octanol–water partition coefficient (Wildman–Crippen LogP) is 1.53. The summed E-state index contributed by atoms with van der Waals surface area (Å²) in [6, 6.07) is 4.16. The van der Waals surface area contributed by atoms with Crippen molar-refractivity contribution in [1.29, 1.82) is 0 Å². The van der Waals surface area contributed by atoms with E-state index >= 15 is 0 Å². The van der Waals surface area contributed by atoms with Gasteiger partial charge in [-0.2, -0.15) is 5.10 Å². The summed E-state index contributed by atoms with van der Waals surface area (Å²) in [6.07, 6.45) is 9.93. The molecular formula is C17H21N7O. The maximum atomic E-state index is 5.59. The Morgan fingerprint density at radius 2 is 2.24 bits per heavy atom. The lowest BCUT2D eigenvalue weighted by Crippen LogP contribution is -2.29. The number of rotatable bonds is 6. The van der Waals surface area contributed by atoms with E-state index in [2.05, 4.69) is 29.9 Å². The Labute approximate surface area is 145 Å². The van der Waals surface area contributed by atoms with Gasteiger partial charge in [0.25, 0.3) is 0 Å². The summed E-state index contributed by atoms with van der Waals surface area (Å²) in [6.45, 7) is 2.55. The molecule has 1 aliphatic heterocycles. The zero-order chi connectivity index (χ0) is 17.1. The van der Waals surface area contributed by atoms with Crippen molar-refractivity contribution < 1.29 is 4.74 Å². The number of imidazole rings is 1. The lowest BCUT2D eigenvalue weighted by Gasteiger charge is -2.22. The quantitative estimate of drug-likeness (QED) is 0.733. The molecule has 4 rings (SSSR count). The highest BCUT2D eigenvalue weighted by molar-refractivity contribution is 5.56. The maximum absolute atomic E-state index is 5.59. The van der Waals surface area contributed by atoms with E-state index < -0.39 is 0 Å². The van der Waals surface area contributed by atoms with Crippen LogP contribution in [-0.4, -0.2) is 60.9 Å². The fraction of sp³-hybridized carbons (Fsp3) is 0.412. The molecule has 1 saturated heterocycles. The van der Waals surface area contributed by atoms with Crippen LogP contribution in [-0.2, 0) is 11.3 Å². The van der Waals surface area contributed by atoms with Crippen molar-refractivity contribution in [3.05, 3.63) is 49.2 Å². The fourth-order valence-corrected chi connectivity index (χ4v) is 3.32. The summed E-state index contributed by atoms with van der Waals surface area (Å²) < 4.78 is 7.44. The van der Waals surface area contributed by atoms with Gasteiger partial charge in [0.15, 0.2) is 0 Å². The van der Waals surface area contributed by atoms with Gasteiger partial charge in [-0.15, -0.1) is 0 Å². The number of nitrogens with zero attached hydrogens (tertiary/aromatic N) is 6. The van der Waals surface area contributed by atoms with Crippen LogP contribution in [0.2, 0.25) is 0 Å². The van der Waals surface area contributed by atoms with Crippen LogP contribution in [0.1, 0.15) is 18.3 Å². The molecule has 4 heterocycles. The molecule has 0 amide bonds. The highest BCUT2D eigenvalue weighted by Crippen LogP contribution is 2.32. The van der Waals surface area contributed by atoms with E-state index in [4.69, 9.17) is 4.74 Å². The van der Waals surface area contributed by atoms with Gasteiger partial charge in [0.2, 0.25) is 0 Å². The van der Waals surface area contributed by atoms with Crippen LogP contribution in [0, 0.1) is 0 Å². The van der Waals surface area contributed by atoms with Crippen molar-refractivity contribution in [2.24, 2.45) is 0 Å². The summed E-state index contributed by atoms with van der Waals surface area (Å²) in [4.78, 5) is 18.6. The number of likely N-dealkylation sites (tertiary alicyclic amines) is 1. The van der Waals surface area contributed by atoms with Crippen LogP contribution in [0.5, 0.6) is 0 Å². The SMILES string of the molecule is CO[C@@H]1C[C@@H](c2ncc(-c3cccnc3)[nH]2)N(CCn2cncn2)C1. The molecule has 0 saturated carbocycles. The Bertz CT molecular complexity index is 786. The standard InChI is InChI=1S/C17H21N7O/c1-25-14-7-16(23(10-14)5-6-24-12-19-11-21-24)17-20-9-15(22-17)13-3-2-4-18-8-13/h2-4,8-9,11-12,14,16H,5-7,10H2,1H3,(H,20,22)/t14-,16+/m1/s1. The highest BCUT2D eigenvalue weighted by atomic mass is 16.5. The minimum atomic E-state index is 0.207. The Kier molecular flexibility index (Phi) is 4.53. The Hall–Kier alpha value is -2.58. The van der Waals surface area contributed by atoms with Crippen molar-refractivity contribution in [2.45, 2.75) is 25.1 Å². The molecule has 1 N–H and O–H groups in total. The molecule has 0 aliphatic carbocycles. The molecule has 2 atom stereocenters. The normalized spacial score (nSPS) is 21.0. The van der Waals surface area contributed by atoms with Crippen LogP contribution in [0.3, 0.4) is 0 Å². The topological polar surface area (TPSA) is 84.8 Å². The Morgan fingerprint density at radius 1 is 1.28 bits per heavy atom. The van der Waals surface area contributed by atoms with Gasteiger partial charge < -0.3 is 9.72 Å². The van der Waals surface area contributed by atoms with Gasteiger partial charge in [0.1, 0.15) is 18.5 Å². The summed E-state index contributed by atoms with van der Waals surface area (Å²) in [5.41, 5.74) is 2.02. The summed E-state index contributed by atoms with van der Waals surface area (Å²) in [5, 5.41) is 4.18. The third-order valence-corrected chi connectivity index (χ3v) is 4.66. The average molecular weight is 339 g/mol. The minimum absolute atomic E-state index is 0.207. The number of pyridine rings is 1. The van der Waals surface area contributed by atoms with Gasteiger partial charge in [0, 0.05) is 38.2 Å². The van der Waals surface area contributed by atoms with Crippen LogP contribution in [0.25, 0.3) is 11.3 Å². The molecule has 0 bridgehead atoms. The van der Waals surface area contributed by atoms with Crippen molar-refractivity contribution in [3.8, 4) is 11.3 Å². The first kappa shape index (κ1) is 15.9. The third-order valence-electron chi connectivity index (χ3n) is 4.66. The third kappa shape index (κ3) is 3.45. The van der Waals surface area contributed by atoms with Crippen molar-refractivity contribution >= 4 is 0 Å². The molecule has 8 heteroatoms. The molecular weight excluding hydrogens is 318 g/mol. The van der Waals surface area contributed by atoms with E-state index in [1.165, 1.54) is 0 Å². The summed E-state index contributed by atoms with van der Waals surface area (Å²) >= 11 is 0. The molecule has 0 spiro atoms. The number of hydrogen-bond donors (Lipinski definition) is 1. The van der Waals surface area contributed by atoms with E-state index in [9.17, 15) is 0 Å². The number of H-pyrrole nitrogens is 1. The Balaban J connectivity index is 1.51. The first-order valence-electron chi connectivity index (χ1n) is 8.38. The molecule has 3 aromatic heterocycles. The number of methoxy groups -OCH3 is 1. The van der Waals surface area contributed by atoms with E-state index in [1.54, 1.807) is 26.0 Å². The zero-order valence-corrected chi connectivity index (χ0v) is 14.1. The van der Waals surface area contributed by atoms with Crippen LogP contribution < -0.4 is 0 Å². The summed E-state index contributed by atoms with van der Waals surface area (Å²) in [7, 11) is 1.77. The second kappa shape index (κ2) is 7.12. The number of ether oxygens (including phenoxy) is 1. The lowest BCUT2D eigenvalue weighted by molar-refractivity contribution is 0.107. The van der Waals surface area contributed by atoms with E-state index in [-0.39, 0.29) is 12.1 Å². The van der Waals surface area contributed by atoms with Gasteiger partial charge in [-0.05, 0) is 18.6 Å². The molecule has 0 aromatic carbocycles. The average Bonchev–Trinajstić information content (AvgIpc) is 3.40. The molecule has 130 valence electrons. The number of aromatic amines is 1. The van der Waals surface area contributed by atoms with E-state index in [0.717, 1.165) is 43.1 Å². The summed E-state index contributed by atoms with van der Waals surface area (Å²) in [5.74, 6) is 0.969. The molecule has 1 aliphatic rings. The molecule has 0 unspecified atom stereocenters. The molecule has 8 nitrogen and oxygen atoms in total. The van der Waals surface area contributed by atoms with Crippen LogP contribution >= 0.6 is 0 Å². The first-order chi connectivity index (χ1) is 12.3. The van der Waals surface area contributed by atoms with Gasteiger partial charge in [-0.25, -0.2) is 9.97 Å². The van der Waals surface area contributed by atoms with Crippen LogP contribution in [0.15, 0.2) is 43.4 Å². The largest absolute Gasteiger partial charge is 0.380 e. The van der Waals surface area contributed by atoms with Gasteiger partial charge in [-0.3, -0.25) is 14.6 Å². The van der Waals surface area contributed by atoms with Gasteiger partial charge >= 0.3 is 0 Å². The van der Waals surface area contributed by atoms with Gasteiger partial charge in [0.05, 0.1) is 30.6 Å². The van der Waals surface area contributed by atoms with Gasteiger partial charge in [-0.1, -0.05) is 0 Å². The van der Waals surface area contributed by atoms with E-state index in [0.29, 0.717) is 0 Å². The number of hydrogen-bond acceptors (Lipinski definition) is 6. The zero-order valence-electron chi connectivity index (χ0n) is 14.1. The monoisotopic (exact) mass is 339 g/mol. The first-order valence-corrected chi connectivity index (χ1v) is 8.38. The van der Waals surface area contributed by atoms with Crippen molar-refractivity contribution in [2.75, 3.05) is 20.2 Å². The molecule has 3 aromatic rings. The highest BCUT2D eigenvalue weighted by Gasteiger charge is 2.34. The van der Waals surface area contributed by atoms with Crippen molar-refractivity contribution in [3.63, 3.8) is 0 Å². The smallest absolute Gasteiger partial charge is 0.137 e. The van der Waals surface area contributed by atoms with E-state index in [1.807, 2.05) is 29.2 Å². The second-order valence-electron chi connectivity index (χ2n) is 6.19. The molecule has 25 heavy (non-hydrogen) atoms. The maximum Gasteiger partial charge on any atom is 0.137 e. The Morgan fingerprint density at radius 3 is 3.00 bits per heavy atom. The predicted molar refractivity (Wildman–Crippen MR) is 91.6 cm³/mol. The van der Waals surface area contributed by atoms with Crippen LogP contribution in [0.4, 0.5) is 0 Å². The number of aromatic nitrogens is 6. The lowest BCUT2D eigenvalue weighted by atomic mass is 10.2.